The minimum Gasteiger partial charge on any atom is -0.508 e. The molecule has 2 aromatic heterocycles. The molecular formula is C33H31ClN2O2. The number of phenolic OH excluding ortho intramolecular Hbond substituents is 1. The van der Waals surface area contributed by atoms with Crippen LogP contribution in [0.1, 0.15) is 17.8 Å². The van der Waals surface area contributed by atoms with Gasteiger partial charge in [0.1, 0.15) is 11.5 Å². The lowest BCUT2D eigenvalue weighted by Gasteiger charge is -2.10. The van der Waals surface area contributed by atoms with Crippen LogP contribution in [0.15, 0.2) is 109 Å². The largest absolute Gasteiger partial charge is 0.508 e. The zero-order valence-electron chi connectivity index (χ0n) is 21.6. The summed E-state index contributed by atoms with van der Waals surface area (Å²) >= 11 is 5.65. The van der Waals surface area contributed by atoms with E-state index in [1.54, 1.807) is 12.1 Å². The number of nitrogens with zero attached hydrogens (tertiary/aromatic N) is 2. The van der Waals surface area contributed by atoms with E-state index >= 15 is 0 Å². The third kappa shape index (κ3) is 5.41. The van der Waals surface area contributed by atoms with E-state index in [1.807, 2.05) is 36.4 Å². The number of halogens is 1. The third-order valence-electron chi connectivity index (χ3n) is 6.54. The monoisotopic (exact) mass is 522 g/mol. The molecule has 192 valence electrons. The van der Waals surface area contributed by atoms with E-state index in [2.05, 4.69) is 83.6 Å². The Labute approximate surface area is 228 Å². The van der Waals surface area contributed by atoms with Crippen molar-refractivity contribution in [2.75, 3.05) is 12.5 Å². The quantitative estimate of drug-likeness (QED) is 0.176. The number of benzene rings is 4. The number of hydrogen-bond donors (Lipinski definition) is 1. The number of alkyl halides is 1. The second-order valence-electron chi connectivity index (χ2n) is 9.26. The maximum atomic E-state index is 9.33. The summed E-state index contributed by atoms with van der Waals surface area (Å²) < 4.78 is 10.1. The molecule has 1 N–H and O–H groups in total. The second-order valence-corrected chi connectivity index (χ2v) is 9.64. The van der Waals surface area contributed by atoms with Crippen molar-refractivity contribution in [2.45, 2.75) is 20.3 Å². The lowest BCUT2D eigenvalue weighted by atomic mass is 10.2. The third-order valence-corrected chi connectivity index (χ3v) is 6.81. The van der Waals surface area contributed by atoms with Crippen LogP contribution in [0, 0.1) is 13.8 Å². The van der Waals surface area contributed by atoms with Crippen LogP contribution in [0.25, 0.3) is 33.2 Å². The molecule has 0 aliphatic heterocycles. The van der Waals surface area contributed by atoms with Gasteiger partial charge in [0.25, 0.3) is 0 Å². The van der Waals surface area contributed by atoms with Crippen molar-refractivity contribution in [1.82, 2.24) is 9.13 Å². The van der Waals surface area contributed by atoms with Gasteiger partial charge in [-0.2, -0.15) is 0 Å². The molecule has 0 atom stereocenters. The topological polar surface area (TPSA) is 39.3 Å². The number of aromatic hydroxyl groups is 1. The molecule has 0 unspecified atom stereocenters. The molecule has 6 aromatic rings. The second kappa shape index (κ2) is 11.5. The van der Waals surface area contributed by atoms with Crippen LogP contribution < -0.4 is 4.74 Å². The summed E-state index contributed by atoms with van der Waals surface area (Å²) in [6.07, 6.45) is 0.866. The number of ether oxygens (including phenoxy) is 1. The van der Waals surface area contributed by atoms with Crippen molar-refractivity contribution in [3.63, 3.8) is 0 Å². The van der Waals surface area contributed by atoms with Gasteiger partial charge < -0.3 is 19.0 Å². The van der Waals surface area contributed by atoms with Crippen molar-refractivity contribution in [3.05, 3.63) is 121 Å². The highest BCUT2D eigenvalue weighted by atomic mass is 35.5. The average Bonchev–Trinajstić information content (AvgIpc) is 3.45. The van der Waals surface area contributed by atoms with Gasteiger partial charge >= 0.3 is 0 Å². The normalized spacial score (nSPS) is 10.9. The van der Waals surface area contributed by atoms with Crippen LogP contribution >= 0.6 is 11.6 Å². The highest BCUT2D eigenvalue weighted by Gasteiger charge is 2.08. The molecule has 4 nitrogen and oxygen atoms in total. The van der Waals surface area contributed by atoms with Crippen molar-refractivity contribution in [1.29, 1.82) is 0 Å². The number of fused-ring (bicyclic) bond motifs is 2. The fourth-order valence-corrected chi connectivity index (χ4v) is 4.92. The summed E-state index contributed by atoms with van der Waals surface area (Å²) in [6.45, 7) is 4.88. The van der Waals surface area contributed by atoms with Crippen molar-refractivity contribution < 1.29 is 9.84 Å². The predicted molar refractivity (Wildman–Crippen MR) is 159 cm³/mol. The number of phenols is 1. The minimum absolute atomic E-state index is 0.294. The predicted octanol–water partition coefficient (Wildman–Crippen LogP) is 8.59. The molecule has 4 aromatic carbocycles. The first-order valence-electron chi connectivity index (χ1n) is 12.8. The Kier molecular flexibility index (Phi) is 7.71. The van der Waals surface area contributed by atoms with E-state index in [4.69, 9.17) is 16.3 Å². The summed E-state index contributed by atoms with van der Waals surface area (Å²) in [5.74, 6) is 1.81. The highest BCUT2D eigenvalue weighted by molar-refractivity contribution is 6.17. The Morgan fingerprint density at radius 2 is 1.13 bits per heavy atom. The molecular weight excluding hydrogens is 492 g/mol. The maximum Gasteiger partial charge on any atom is 0.119 e. The van der Waals surface area contributed by atoms with Gasteiger partial charge in [0.15, 0.2) is 0 Å². The van der Waals surface area contributed by atoms with Gasteiger partial charge in [-0.3, -0.25) is 0 Å². The van der Waals surface area contributed by atoms with Crippen LogP contribution in [0.3, 0.4) is 0 Å². The smallest absolute Gasteiger partial charge is 0.119 e. The summed E-state index contributed by atoms with van der Waals surface area (Å²) in [6, 6.07) is 36.6. The molecule has 0 bridgehead atoms. The molecule has 0 radical (unpaired) electrons. The van der Waals surface area contributed by atoms with E-state index in [-0.39, 0.29) is 0 Å². The van der Waals surface area contributed by atoms with E-state index in [9.17, 15) is 5.11 Å². The molecule has 0 fully saturated rings. The standard InChI is InChI=1S/C18H18ClNO.C15H13NO/c1-14-13-15-5-2-3-6-18(15)20(14)16-7-9-17(10-8-16)21-12-4-11-19;1-11-10-12-4-2-3-5-15(12)16(11)13-6-8-14(17)9-7-13/h2-3,5-10,13H,4,11-12H2,1H3;2-10,17H,1H3. The maximum absolute atomic E-state index is 9.33. The van der Waals surface area contributed by atoms with Gasteiger partial charge in [-0.15, -0.1) is 11.6 Å². The van der Waals surface area contributed by atoms with Gasteiger partial charge in [0.2, 0.25) is 0 Å². The molecule has 0 saturated carbocycles. The Morgan fingerprint density at radius 3 is 1.63 bits per heavy atom. The fourth-order valence-electron chi connectivity index (χ4n) is 4.81. The molecule has 0 saturated heterocycles. The Hall–Kier alpha value is -4.15. The van der Waals surface area contributed by atoms with Crippen LogP contribution in [-0.2, 0) is 0 Å². The number of para-hydroxylation sites is 2. The molecule has 0 spiro atoms. The summed E-state index contributed by atoms with van der Waals surface area (Å²) in [5, 5.41) is 11.8. The molecule has 0 amide bonds. The summed E-state index contributed by atoms with van der Waals surface area (Å²) in [4.78, 5) is 0. The van der Waals surface area contributed by atoms with Gasteiger partial charge in [-0.05, 0) is 93.1 Å². The lowest BCUT2D eigenvalue weighted by molar-refractivity contribution is 0.318. The van der Waals surface area contributed by atoms with Crippen LogP contribution in [0.2, 0.25) is 0 Å². The molecule has 38 heavy (non-hydrogen) atoms. The Bertz CT molecular complexity index is 1650. The minimum atomic E-state index is 0.294. The number of aromatic nitrogens is 2. The SMILES string of the molecule is Cc1cc2ccccc2n1-c1ccc(O)cc1.Cc1cc2ccccc2n1-c1ccc(OCCCCl)cc1. The van der Waals surface area contributed by atoms with E-state index in [0.717, 1.165) is 23.5 Å². The van der Waals surface area contributed by atoms with Crippen LogP contribution in [0.4, 0.5) is 0 Å². The van der Waals surface area contributed by atoms with Crippen LogP contribution in [-0.4, -0.2) is 26.7 Å². The first-order chi connectivity index (χ1) is 18.5. The molecule has 2 heterocycles. The Morgan fingerprint density at radius 1 is 0.658 bits per heavy atom. The number of hydrogen-bond acceptors (Lipinski definition) is 2. The summed E-state index contributed by atoms with van der Waals surface area (Å²) in [5.41, 5.74) is 7.06. The van der Waals surface area contributed by atoms with Gasteiger partial charge in [0.05, 0.1) is 17.6 Å². The highest BCUT2D eigenvalue weighted by Crippen LogP contribution is 2.26. The van der Waals surface area contributed by atoms with Crippen molar-refractivity contribution >= 4 is 33.4 Å². The molecule has 0 aliphatic rings. The van der Waals surface area contributed by atoms with Crippen LogP contribution in [0.5, 0.6) is 11.5 Å². The van der Waals surface area contributed by atoms with E-state index in [1.165, 1.54) is 33.2 Å². The summed E-state index contributed by atoms with van der Waals surface area (Å²) in [7, 11) is 0. The lowest BCUT2D eigenvalue weighted by Crippen LogP contribution is -1.99. The van der Waals surface area contributed by atoms with Gasteiger partial charge in [-0.25, -0.2) is 0 Å². The average molecular weight is 523 g/mol. The fraction of sp³-hybridized carbons (Fsp3) is 0.152. The molecule has 6 rings (SSSR count). The number of aryl methyl sites for hydroxylation is 2. The first-order valence-corrected chi connectivity index (χ1v) is 13.3. The van der Waals surface area contributed by atoms with Gasteiger partial charge in [0, 0.05) is 39.4 Å². The first kappa shape index (κ1) is 25.5. The van der Waals surface area contributed by atoms with E-state index in [0.29, 0.717) is 18.2 Å². The van der Waals surface area contributed by atoms with E-state index < -0.39 is 0 Å². The Balaban J connectivity index is 0.000000158. The van der Waals surface area contributed by atoms with Crippen molar-refractivity contribution in [2.24, 2.45) is 0 Å². The molecule has 0 aliphatic carbocycles. The zero-order valence-corrected chi connectivity index (χ0v) is 22.4. The zero-order chi connectivity index (χ0) is 26.5. The number of rotatable bonds is 6. The van der Waals surface area contributed by atoms with Crippen molar-refractivity contribution in [3.8, 4) is 22.9 Å². The van der Waals surface area contributed by atoms with Gasteiger partial charge in [-0.1, -0.05) is 36.4 Å². The molecule has 5 heteroatoms.